The smallest absolute Gasteiger partial charge is 0.425 e. The van der Waals surface area contributed by atoms with Gasteiger partial charge in [-0.15, -0.1) is 0 Å². The summed E-state index contributed by atoms with van der Waals surface area (Å²) in [5, 5.41) is 12.0. The zero-order valence-electron chi connectivity index (χ0n) is 6.91. The molecular weight excluding hydrogens is 160 g/mol. The molecule has 1 amide bonds. The highest BCUT2D eigenvalue weighted by atomic mass is 16.5. The Morgan fingerprint density at radius 3 is 3.17 bits per heavy atom. The highest BCUT2D eigenvalue weighted by Crippen LogP contribution is 2.09. The van der Waals surface area contributed by atoms with Crippen LogP contribution in [0.25, 0.3) is 0 Å². The number of carboxylic acid groups (broad SMARTS) is 1. The molecule has 1 rings (SSSR count). The molecule has 0 saturated carbocycles. The number of carbonyl (C=O) groups is 1. The van der Waals surface area contributed by atoms with Crippen molar-refractivity contribution in [3.63, 3.8) is 0 Å². The maximum absolute atomic E-state index is 10.1. The van der Waals surface area contributed by atoms with Gasteiger partial charge in [-0.05, 0) is 6.92 Å². The summed E-state index contributed by atoms with van der Waals surface area (Å²) in [6.45, 7) is 2.57. The number of hydrazone groups is 1. The fourth-order valence-electron chi connectivity index (χ4n) is 1.10. The Balaban J connectivity index is 2.39. The first kappa shape index (κ1) is 8.99. The van der Waals surface area contributed by atoms with Crippen LogP contribution in [0.4, 0.5) is 4.79 Å². The molecule has 1 aliphatic heterocycles. The predicted octanol–water partition coefficient (Wildman–Crippen LogP) is 0.809. The van der Waals surface area contributed by atoms with Crippen molar-refractivity contribution in [1.29, 1.82) is 0 Å². The zero-order chi connectivity index (χ0) is 8.97. The zero-order valence-corrected chi connectivity index (χ0v) is 6.91. The van der Waals surface area contributed by atoms with E-state index in [1.54, 1.807) is 0 Å². The molecular formula is C7H12N2O3. The van der Waals surface area contributed by atoms with Crippen LogP contribution in [0.3, 0.4) is 0 Å². The minimum Gasteiger partial charge on any atom is -0.464 e. The first-order valence-corrected chi connectivity index (χ1v) is 3.84. The molecule has 0 aromatic heterocycles. The van der Waals surface area contributed by atoms with Gasteiger partial charge in [0.1, 0.15) is 0 Å². The largest absolute Gasteiger partial charge is 0.464 e. The van der Waals surface area contributed by atoms with E-state index in [4.69, 9.17) is 9.84 Å². The van der Waals surface area contributed by atoms with E-state index in [0.717, 1.165) is 5.71 Å². The summed E-state index contributed by atoms with van der Waals surface area (Å²) < 4.78 is 5.26. The molecule has 12 heavy (non-hydrogen) atoms. The van der Waals surface area contributed by atoms with E-state index >= 15 is 0 Å². The van der Waals surface area contributed by atoms with Crippen LogP contribution in [0.1, 0.15) is 19.8 Å². The lowest BCUT2D eigenvalue weighted by molar-refractivity contribution is 0.0631. The van der Waals surface area contributed by atoms with Gasteiger partial charge in [0.15, 0.2) is 0 Å². The highest BCUT2D eigenvalue weighted by Gasteiger charge is 2.14. The van der Waals surface area contributed by atoms with Crippen LogP contribution >= 0.6 is 0 Å². The average molecular weight is 172 g/mol. The molecule has 0 aliphatic carbocycles. The maximum atomic E-state index is 10.1. The van der Waals surface area contributed by atoms with E-state index in [9.17, 15) is 4.79 Å². The molecule has 1 heterocycles. The molecule has 5 nitrogen and oxygen atoms in total. The number of rotatable bonds is 1. The van der Waals surface area contributed by atoms with Crippen molar-refractivity contribution in [3.05, 3.63) is 0 Å². The number of ether oxygens (including phenoxy) is 1. The molecule has 1 unspecified atom stereocenters. The Morgan fingerprint density at radius 1 is 1.83 bits per heavy atom. The van der Waals surface area contributed by atoms with Crippen molar-refractivity contribution in [2.24, 2.45) is 5.10 Å². The molecule has 5 heteroatoms. The van der Waals surface area contributed by atoms with Gasteiger partial charge in [0.25, 0.3) is 0 Å². The summed E-state index contributed by atoms with van der Waals surface area (Å²) in [7, 11) is 0. The number of hydrogen-bond acceptors (Lipinski definition) is 3. The normalized spacial score (nSPS) is 27.1. The molecule has 68 valence electrons. The molecule has 2 N–H and O–H groups in total. The Hall–Kier alpha value is -1.10. The predicted molar refractivity (Wildman–Crippen MR) is 43.2 cm³/mol. The summed E-state index contributed by atoms with van der Waals surface area (Å²) in [5.74, 6) is 0. The van der Waals surface area contributed by atoms with Crippen LogP contribution in [0.2, 0.25) is 0 Å². The van der Waals surface area contributed by atoms with Gasteiger partial charge < -0.3 is 9.84 Å². The van der Waals surface area contributed by atoms with Crippen LogP contribution in [0.15, 0.2) is 5.10 Å². The second-order valence-electron chi connectivity index (χ2n) is 2.73. The van der Waals surface area contributed by atoms with Crippen molar-refractivity contribution in [1.82, 2.24) is 5.43 Å². The molecule has 1 aliphatic rings. The lowest BCUT2D eigenvalue weighted by atomic mass is 10.1. The fourth-order valence-corrected chi connectivity index (χ4v) is 1.10. The van der Waals surface area contributed by atoms with Crippen LogP contribution in [-0.2, 0) is 4.74 Å². The van der Waals surface area contributed by atoms with Crippen LogP contribution < -0.4 is 5.43 Å². The van der Waals surface area contributed by atoms with E-state index in [1.165, 1.54) is 0 Å². The van der Waals surface area contributed by atoms with Crippen LogP contribution in [0, 0.1) is 0 Å². The van der Waals surface area contributed by atoms with Crippen molar-refractivity contribution in [2.45, 2.75) is 25.9 Å². The topological polar surface area (TPSA) is 70.9 Å². The quantitative estimate of drug-likeness (QED) is 0.575. The van der Waals surface area contributed by atoms with Gasteiger partial charge in [-0.3, -0.25) is 0 Å². The van der Waals surface area contributed by atoms with E-state index in [2.05, 4.69) is 5.10 Å². The summed E-state index contributed by atoms with van der Waals surface area (Å²) in [6, 6.07) is 0. The van der Waals surface area contributed by atoms with Gasteiger partial charge in [0, 0.05) is 18.6 Å². The van der Waals surface area contributed by atoms with E-state index in [-0.39, 0.29) is 6.10 Å². The van der Waals surface area contributed by atoms with E-state index < -0.39 is 6.09 Å². The van der Waals surface area contributed by atoms with E-state index in [1.807, 2.05) is 12.3 Å². The second-order valence-corrected chi connectivity index (χ2v) is 2.73. The SMILES string of the molecule is CC1CC(=NNC(=O)O)CCO1. The Labute approximate surface area is 70.4 Å². The summed E-state index contributed by atoms with van der Waals surface area (Å²) in [5.41, 5.74) is 2.84. The average Bonchev–Trinajstić information content (AvgIpc) is 2.01. The first-order valence-electron chi connectivity index (χ1n) is 3.84. The molecule has 0 bridgehead atoms. The maximum Gasteiger partial charge on any atom is 0.425 e. The van der Waals surface area contributed by atoms with Crippen molar-refractivity contribution in [2.75, 3.05) is 6.61 Å². The highest BCUT2D eigenvalue weighted by molar-refractivity contribution is 5.86. The van der Waals surface area contributed by atoms with Gasteiger partial charge in [-0.25, -0.2) is 10.2 Å². The molecule has 1 atom stereocenters. The number of nitrogens with zero attached hydrogens (tertiary/aromatic N) is 1. The van der Waals surface area contributed by atoms with Gasteiger partial charge in [0.2, 0.25) is 0 Å². The minimum absolute atomic E-state index is 0.146. The van der Waals surface area contributed by atoms with Gasteiger partial charge in [0.05, 0.1) is 12.7 Å². The molecule has 1 fully saturated rings. The molecule has 0 radical (unpaired) electrons. The molecule has 0 spiro atoms. The van der Waals surface area contributed by atoms with Gasteiger partial charge >= 0.3 is 6.09 Å². The Morgan fingerprint density at radius 2 is 2.58 bits per heavy atom. The van der Waals surface area contributed by atoms with Crippen LogP contribution in [0.5, 0.6) is 0 Å². The van der Waals surface area contributed by atoms with Crippen molar-refractivity contribution in [3.8, 4) is 0 Å². The lowest BCUT2D eigenvalue weighted by Crippen LogP contribution is -2.26. The summed E-state index contributed by atoms with van der Waals surface area (Å²) >= 11 is 0. The second kappa shape index (κ2) is 4.06. The minimum atomic E-state index is -1.12. The molecule has 0 aromatic carbocycles. The van der Waals surface area contributed by atoms with Crippen molar-refractivity contribution >= 4 is 11.8 Å². The van der Waals surface area contributed by atoms with Gasteiger partial charge in [-0.2, -0.15) is 5.10 Å². The monoisotopic (exact) mass is 172 g/mol. The van der Waals surface area contributed by atoms with Crippen LogP contribution in [-0.4, -0.2) is 29.6 Å². The molecule has 1 saturated heterocycles. The standard InChI is InChI=1S/C7H12N2O3/c1-5-4-6(2-3-12-5)8-9-7(10)11/h5,9H,2-4H2,1H3,(H,10,11). The number of hydrogen-bond donors (Lipinski definition) is 2. The molecule has 0 aromatic rings. The number of nitrogens with one attached hydrogen (secondary N) is 1. The first-order chi connectivity index (χ1) is 5.68. The summed E-state index contributed by atoms with van der Waals surface area (Å²) in [6.07, 6.45) is 0.444. The third kappa shape index (κ3) is 2.87. The number of amides is 1. The fraction of sp³-hybridized carbons (Fsp3) is 0.714. The Bertz CT molecular complexity index is 203. The third-order valence-electron chi connectivity index (χ3n) is 1.63. The summed E-state index contributed by atoms with van der Waals surface area (Å²) in [4.78, 5) is 10.1. The van der Waals surface area contributed by atoms with Gasteiger partial charge in [-0.1, -0.05) is 0 Å². The van der Waals surface area contributed by atoms with E-state index in [0.29, 0.717) is 19.4 Å². The Kier molecular flexibility index (Phi) is 3.04. The lowest BCUT2D eigenvalue weighted by Gasteiger charge is -2.19. The third-order valence-corrected chi connectivity index (χ3v) is 1.63. The van der Waals surface area contributed by atoms with Crippen molar-refractivity contribution < 1.29 is 14.6 Å².